The highest BCUT2D eigenvalue weighted by Crippen LogP contribution is 2.46. The predicted molar refractivity (Wildman–Crippen MR) is 72.0 cm³/mol. The van der Waals surface area contributed by atoms with Gasteiger partial charge >= 0.3 is 0 Å². The zero-order valence-electron chi connectivity index (χ0n) is 9.91. The molecule has 0 N–H and O–H groups in total. The maximum Gasteiger partial charge on any atom is 0.172 e. The Balaban J connectivity index is 2.09. The van der Waals surface area contributed by atoms with Crippen molar-refractivity contribution in [3.05, 3.63) is 24.8 Å². The number of carbonyl (C=O) groups is 1. The molecule has 0 radical (unpaired) electrons. The van der Waals surface area contributed by atoms with Crippen molar-refractivity contribution in [2.45, 2.75) is 22.6 Å². The molecule has 2 unspecified atom stereocenters. The Morgan fingerprint density at radius 3 is 2.72 bits per heavy atom. The third-order valence-corrected chi connectivity index (χ3v) is 8.90. The minimum atomic E-state index is -1.12. The zero-order valence-corrected chi connectivity index (χ0v) is 11.5. The topological polar surface area (TPSA) is 54.5 Å². The number of hydrogen-bond donors (Lipinski definition) is 0. The minimum Gasteiger partial charge on any atom is -0.293 e. The summed E-state index contributed by atoms with van der Waals surface area (Å²) in [5.74, 6) is 1.01. The van der Waals surface area contributed by atoms with Gasteiger partial charge in [0.2, 0.25) is 0 Å². The van der Waals surface area contributed by atoms with Crippen LogP contribution in [0, 0.1) is 0 Å². The third kappa shape index (κ3) is 1.42. The molecule has 0 saturated carbocycles. The maximum absolute atomic E-state index is 12.3. The highest BCUT2D eigenvalue weighted by atomic mass is 32.3. The number of carbonyl (C=O) groups excluding carboxylic acids is 1. The average molecular weight is 285 g/mol. The molecule has 0 amide bonds. The summed E-state index contributed by atoms with van der Waals surface area (Å²) in [6, 6.07) is -0.425. The van der Waals surface area contributed by atoms with Gasteiger partial charge in [-0.2, -0.15) is 0 Å². The van der Waals surface area contributed by atoms with Crippen molar-refractivity contribution in [3.8, 4) is 0 Å². The van der Waals surface area contributed by atoms with Gasteiger partial charge in [0.25, 0.3) is 0 Å². The number of rotatable bonds is 2. The second kappa shape index (κ2) is 4.21. The highest BCUT2D eigenvalue weighted by molar-refractivity contribution is 8.07. The van der Waals surface area contributed by atoms with Crippen molar-refractivity contribution in [2.75, 3.05) is 18.1 Å². The molecule has 3 heterocycles. The summed E-state index contributed by atoms with van der Waals surface area (Å²) in [6.07, 6.45) is 5.55. The lowest BCUT2D eigenvalue weighted by Gasteiger charge is -2.32. The smallest absolute Gasteiger partial charge is 0.172 e. The average Bonchev–Trinajstić information content (AvgIpc) is 2.75. The fourth-order valence-electron chi connectivity index (χ4n) is 3.22. The van der Waals surface area contributed by atoms with Gasteiger partial charge in [-0.15, -0.1) is 6.58 Å². The van der Waals surface area contributed by atoms with Gasteiger partial charge in [0, 0.05) is 46.1 Å². The summed E-state index contributed by atoms with van der Waals surface area (Å²) in [4.78, 5) is 13.9. The van der Waals surface area contributed by atoms with E-state index < -0.39 is 25.7 Å². The normalized spacial score (nSPS) is 47.0. The van der Waals surface area contributed by atoms with E-state index in [1.165, 1.54) is 0 Å². The van der Waals surface area contributed by atoms with Crippen LogP contribution in [0.5, 0.6) is 0 Å². The van der Waals surface area contributed by atoms with E-state index in [1.54, 1.807) is 18.2 Å². The molecule has 1 spiro atoms. The Kier molecular flexibility index (Phi) is 2.91. The van der Waals surface area contributed by atoms with E-state index in [0.717, 1.165) is 0 Å². The van der Waals surface area contributed by atoms with Crippen molar-refractivity contribution in [1.29, 1.82) is 0 Å². The molecular weight excluding hydrogens is 270 g/mol. The van der Waals surface area contributed by atoms with Crippen molar-refractivity contribution in [3.63, 3.8) is 0 Å². The van der Waals surface area contributed by atoms with E-state index in [1.807, 2.05) is 4.90 Å². The monoisotopic (exact) mass is 285 g/mol. The zero-order chi connectivity index (χ0) is 12.9. The van der Waals surface area contributed by atoms with Crippen LogP contribution in [-0.2, 0) is 26.4 Å². The van der Waals surface area contributed by atoms with Crippen molar-refractivity contribution >= 4 is 27.4 Å². The van der Waals surface area contributed by atoms with Crippen molar-refractivity contribution in [2.24, 2.45) is 0 Å². The standard InChI is InChI=1S/C12H15NO3S2/c1-2-5-13-9-8-12(11(13)4-3-10(9)14)17(15)6-7-18(12)16/h2-4,9,11H,1,5-8H2/t9-,11-,12?,17?,18?/m1/s1. The molecule has 2 bridgehead atoms. The van der Waals surface area contributed by atoms with Crippen LogP contribution in [0.3, 0.4) is 0 Å². The molecule has 3 rings (SSSR count). The van der Waals surface area contributed by atoms with Gasteiger partial charge < -0.3 is 0 Å². The molecule has 0 aromatic rings. The molecule has 3 aliphatic heterocycles. The first-order chi connectivity index (χ1) is 8.61. The van der Waals surface area contributed by atoms with E-state index in [-0.39, 0.29) is 17.9 Å². The van der Waals surface area contributed by atoms with E-state index in [4.69, 9.17) is 0 Å². The number of fused-ring (bicyclic) bond motifs is 3. The lowest BCUT2D eigenvalue weighted by molar-refractivity contribution is -0.119. The SMILES string of the molecule is C=CCN1[C@@H]2CC3([C@H]1C=CC2=O)S(=O)CCS3=O. The first-order valence-electron chi connectivity index (χ1n) is 5.97. The molecule has 0 aromatic heterocycles. The van der Waals surface area contributed by atoms with Crippen LogP contribution in [0.25, 0.3) is 0 Å². The van der Waals surface area contributed by atoms with Crippen LogP contribution in [0.4, 0.5) is 0 Å². The van der Waals surface area contributed by atoms with Crippen LogP contribution in [0.2, 0.25) is 0 Å². The van der Waals surface area contributed by atoms with Crippen LogP contribution in [-0.4, -0.2) is 53.3 Å². The Hall–Kier alpha value is -0.590. The first kappa shape index (κ1) is 12.4. The highest BCUT2D eigenvalue weighted by Gasteiger charge is 2.63. The van der Waals surface area contributed by atoms with Crippen LogP contribution in [0.1, 0.15) is 6.42 Å². The van der Waals surface area contributed by atoms with Gasteiger partial charge in [-0.1, -0.05) is 12.2 Å². The summed E-state index contributed by atoms with van der Waals surface area (Å²) in [5.41, 5.74) is 0. The van der Waals surface area contributed by atoms with Crippen molar-refractivity contribution in [1.82, 2.24) is 4.90 Å². The Morgan fingerprint density at radius 1 is 1.44 bits per heavy atom. The molecule has 18 heavy (non-hydrogen) atoms. The van der Waals surface area contributed by atoms with Crippen LogP contribution >= 0.6 is 0 Å². The molecule has 0 aromatic carbocycles. The maximum atomic E-state index is 12.3. The molecule has 3 aliphatic rings. The Morgan fingerprint density at radius 2 is 2.11 bits per heavy atom. The second-order valence-corrected chi connectivity index (χ2v) is 8.74. The fraction of sp³-hybridized carbons (Fsp3) is 0.583. The predicted octanol–water partition coefficient (Wildman–Crippen LogP) is -0.0385. The number of nitrogens with zero attached hydrogens (tertiary/aromatic N) is 1. The fourth-order valence-corrected chi connectivity index (χ4v) is 8.10. The molecule has 4 nitrogen and oxygen atoms in total. The van der Waals surface area contributed by atoms with E-state index in [0.29, 0.717) is 24.5 Å². The summed E-state index contributed by atoms with van der Waals surface area (Å²) < 4.78 is 23.9. The van der Waals surface area contributed by atoms with Gasteiger partial charge in [0.05, 0.1) is 12.1 Å². The Labute approximate surface area is 111 Å². The second-order valence-electron chi connectivity index (χ2n) is 4.82. The molecule has 4 atom stereocenters. The largest absolute Gasteiger partial charge is 0.293 e. The minimum absolute atomic E-state index is 0.0332. The molecular formula is C12H15NO3S2. The molecule has 2 saturated heterocycles. The lowest BCUT2D eigenvalue weighted by Crippen LogP contribution is -2.49. The molecule has 98 valence electrons. The van der Waals surface area contributed by atoms with E-state index in [2.05, 4.69) is 6.58 Å². The van der Waals surface area contributed by atoms with Gasteiger partial charge in [0.15, 0.2) is 5.78 Å². The first-order valence-corrected chi connectivity index (χ1v) is 8.60. The summed E-state index contributed by atoms with van der Waals surface area (Å²) >= 11 is 0. The van der Waals surface area contributed by atoms with Gasteiger partial charge in [-0.3, -0.25) is 18.1 Å². The lowest BCUT2D eigenvalue weighted by atomic mass is 10.1. The van der Waals surface area contributed by atoms with Gasteiger partial charge in [0.1, 0.15) is 4.08 Å². The number of ketones is 1. The van der Waals surface area contributed by atoms with Crippen LogP contribution < -0.4 is 0 Å². The summed E-state index contributed by atoms with van der Waals surface area (Å²) in [6.45, 7) is 4.27. The molecule has 2 fully saturated rings. The third-order valence-electron chi connectivity index (χ3n) is 4.02. The van der Waals surface area contributed by atoms with Crippen molar-refractivity contribution < 1.29 is 13.2 Å². The molecule has 0 aliphatic carbocycles. The van der Waals surface area contributed by atoms with Crippen LogP contribution in [0.15, 0.2) is 24.8 Å². The summed E-state index contributed by atoms with van der Waals surface area (Å²) in [7, 11) is -2.23. The van der Waals surface area contributed by atoms with Gasteiger partial charge in [-0.25, -0.2) is 0 Å². The van der Waals surface area contributed by atoms with Gasteiger partial charge in [-0.05, 0) is 6.08 Å². The van der Waals surface area contributed by atoms with E-state index >= 15 is 0 Å². The Bertz CT molecular complexity index is 484. The van der Waals surface area contributed by atoms with E-state index in [9.17, 15) is 13.2 Å². The quantitative estimate of drug-likeness (QED) is 0.668. The summed E-state index contributed by atoms with van der Waals surface area (Å²) in [5, 5.41) is 0. The molecule has 6 heteroatoms. The number of hydrogen-bond acceptors (Lipinski definition) is 4.